The van der Waals surface area contributed by atoms with E-state index in [0.29, 0.717) is 47.2 Å². The first-order valence-electron chi connectivity index (χ1n) is 12.6. The van der Waals surface area contributed by atoms with Crippen molar-refractivity contribution in [3.8, 4) is 17.2 Å². The molecule has 3 aromatic carbocycles. The van der Waals surface area contributed by atoms with Gasteiger partial charge in [-0.05, 0) is 60.9 Å². The lowest BCUT2D eigenvalue weighted by atomic mass is 10.1. The summed E-state index contributed by atoms with van der Waals surface area (Å²) in [4.78, 5) is 39.6. The molecule has 0 aromatic heterocycles. The minimum absolute atomic E-state index is 0.0822. The molecule has 4 rings (SSSR count). The molecule has 0 aliphatic carbocycles. The fraction of sp³-hybridized carbons (Fsp3) is 0.233. The molecular weight excluding hydrogens is 503 g/mol. The average Bonchev–Trinajstić information content (AvgIpc) is 2.92. The van der Waals surface area contributed by atoms with Crippen LogP contribution in [0.2, 0.25) is 0 Å². The number of para-hydroxylation sites is 1. The molecule has 0 unspecified atom stereocenters. The van der Waals surface area contributed by atoms with Gasteiger partial charge in [0.15, 0.2) is 11.5 Å². The number of imide groups is 2. The Morgan fingerprint density at radius 2 is 1.67 bits per heavy atom. The van der Waals surface area contributed by atoms with Crippen LogP contribution in [0, 0.1) is 5.82 Å². The summed E-state index contributed by atoms with van der Waals surface area (Å²) in [5, 5.41) is 2.23. The number of barbiturate groups is 1. The highest BCUT2D eigenvalue weighted by molar-refractivity contribution is 6.31. The van der Waals surface area contributed by atoms with Gasteiger partial charge >= 0.3 is 6.03 Å². The van der Waals surface area contributed by atoms with Gasteiger partial charge in [-0.2, -0.15) is 0 Å². The average molecular weight is 533 g/mol. The second kappa shape index (κ2) is 12.7. The number of nitrogens with one attached hydrogen (secondary N) is 1. The van der Waals surface area contributed by atoms with E-state index in [9.17, 15) is 18.8 Å². The Bertz CT molecular complexity index is 1400. The van der Waals surface area contributed by atoms with Gasteiger partial charge in [-0.25, -0.2) is 9.18 Å². The molecular formula is C30H29FN2O6. The number of carbonyl (C=O) groups excluding carboxylic acids is 3. The van der Waals surface area contributed by atoms with Crippen molar-refractivity contribution in [3.63, 3.8) is 0 Å². The summed E-state index contributed by atoms with van der Waals surface area (Å²) in [7, 11) is 0. The van der Waals surface area contributed by atoms with Crippen molar-refractivity contribution in [2.45, 2.75) is 33.4 Å². The summed E-state index contributed by atoms with van der Waals surface area (Å²) >= 11 is 0. The second-order valence-corrected chi connectivity index (χ2v) is 8.73. The first-order valence-corrected chi connectivity index (χ1v) is 12.6. The first-order chi connectivity index (χ1) is 18.9. The van der Waals surface area contributed by atoms with Crippen molar-refractivity contribution in [3.05, 3.63) is 94.8 Å². The minimum atomic E-state index is -0.818. The molecule has 0 saturated carbocycles. The van der Waals surface area contributed by atoms with E-state index in [1.165, 1.54) is 18.2 Å². The van der Waals surface area contributed by atoms with E-state index in [2.05, 4.69) is 5.32 Å². The third kappa shape index (κ3) is 6.81. The van der Waals surface area contributed by atoms with Crippen molar-refractivity contribution in [2.75, 3.05) is 13.2 Å². The Labute approximate surface area is 226 Å². The van der Waals surface area contributed by atoms with Crippen LogP contribution in [0.3, 0.4) is 0 Å². The largest absolute Gasteiger partial charge is 0.490 e. The fourth-order valence-corrected chi connectivity index (χ4v) is 3.95. The van der Waals surface area contributed by atoms with Crippen LogP contribution in [0.25, 0.3) is 6.08 Å². The molecule has 202 valence electrons. The summed E-state index contributed by atoms with van der Waals surface area (Å²) in [5.41, 5.74) is 1.48. The standard InChI is InChI=1S/C30H29FN2O6/c1-3-14-38-26-13-12-20(16-27(26)37-4-2)18-33-29(35)24(28(34)32-30(33)36)17-22-9-5-6-11-25(22)39-19-21-8-7-10-23(31)15-21/h5-13,15-17H,3-4,14,18-19H2,1-2H3,(H,32,34,36)/b24-17+. The molecule has 0 radical (unpaired) electrons. The molecule has 1 N–H and O–H groups in total. The molecule has 1 aliphatic heterocycles. The van der Waals surface area contributed by atoms with E-state index in [4.69, 9.17) is 14.2 Å². The maximum Gasteiger partial charge on any atom is 0.331 e. The van der Waals surface area contributed by atoms with E-state index in [0.717, 1.165) is 11.3 Å². The maximum absolute atomic E-state index is 13.5. The van der Waals surface area contributed by atoms with Crippen LogP contribution >= 0.6 is 0 Å². The van der Waals surface area contributed by atoms with Crippen molar-refractivity contribution < 1.29 is 33.0 Å². The summed E-state index contributed by atoms with van der Waals surface area (Å²) in [5.74, 6) is -0.459. The zero-order valence-electron chi connectivity index (χ0n) is 21.7. The van der Waals surface area contributed by atoms with Crippen molar-refractivity contribution in [1.29, 1.82) is 0 Å². The molecule has 9 heteroatoms. The van der Waals surface area contributed by atoms with Crippen molar-refractivity contribution >= 4 is 23.9 Å². The summed E-state index contributed by atoms with van der Waals surface area (Å²) in [6.45, 7) is 4.79. The summed E-state index contributed by atoms with van der Waals surface area (Å²) in [6, 6.07) is 17.2. The first kappa shape index (κ1) is 27.4. The number of benzene rings is 3. The van der Waals surface area contributed by atoms with Gasteiger partial charge in [0.1, 0.15) is 23.7 Å². The number of ether oxygens (including phenoxy) is 3. The van der Waals surface area contributed by atoms with E-state index >= 15 is 0 Å². The third-order valence-electron chi connectivity index (χ3n) is 5.80. The Kier molecular flexibility index (Phi) is 8.94. The zero-order chi connectivity index (χ0) is 27.8. The molecule has 1 heterocycles. The quantitative estimate of drug-likeness (QED) is 0.268. The molecule has 8 nitrogen and oxygen atoms in total. The van der Waals surface area contributed by atoms with E-state index in [-0.39, 0.29) is 24.5 Å². The number of hydrogen-bond acceptors (Lipinski definition) is 6. The molecule has 1 fully saturated rings. The number of rotatable bonds is 11. The van der Waals surface area contributed by atoms with Gasteiger partial charge < -0.3 is 14.2 Å². The monoisotopic (exact) mass is 532 g/mol. The topological polar surface area (TPSA) is 94.2 Å². The van der Waals surface area contributed by atoms with Crippen LogP contribution in [0.4, 0.5) is 9.18 Å². The van der Waals surface area contributed by atoms with Gasteiger partial charge in [0, 0.05) is 5.56 Å². The van der Waals surface area contributed by atoms with Gasteiger partial charge in [-0.15, -0.1) is 0 Å². The number of nitrogens with zero attached hydrogens (tertiary/aromatic N) is 1. The Balaban J connectivity index is 1.56. The van der Waals surface area contributed by atoms with Gasteiger partial charge in [0.25, 0.3) is 11.8 Å². The van der Waals surface area contributed by atoms with E-state index in [1.807, 2.05) is 13.8 Å². The molecule has 0 atom stereocenters. The van der Waals surface area contributed by atoms with Crippen LogP contribution in [-0.2, 0) is 22.7 Å². The molecule has 0 spiro atoms. The molecule has 4 amide bonds. The zero-order valence-corrected chi connectivity index (χ0v) is 21.7. The second-order valence-electron chi connectivity index (χ2n) is 8.73. The highest BCUT2D eigenvalue weighted by Gasteiger charge is 2.36. The number of hydrogen-bond donors (Lipinski definition) is 1. The predicted molar refractivity (Wildman–Crippen MR) is 143 cm³/mol. The molecule has 1 saturated heterocycles. The van der Waals surface area contributed by atoms with Gasteiger partial charge in [-0.3, -0.25) is 19.8 Å². The number of amides is 4. The molecule has 39 heavy (non-hydrogen) atoms. The van der Waals surface area contributed by atoms with Crippen molar-refractivity contribution in [1.82, 2.24) is 10.2 Å². The number of urea groups is 1. The molecule has 0 bridgehead atoms. The number of halogens is 1. The van der Waals surface area contributed by atoms with Crippen LogP contribution in [0.1, 0.15) is 37.0 Å². The summed E-state index contributed by atoms with van der Waals surface area (Å²) in [6.07, 6.45) is 2.21. The smallest absolute Gasteiger partial charge is 0.331 e. The lowest BCUT2D eigenvalue weighted by Gasteiger charge is -2.27. The Morgan fingerprint density at radius 3 is 2.44 bits per heavy atom. The maximum atomic E-state index is 13.5. The van der Waals surface area contributed by atoms with Gasteiger partial charge in [-0.1, -0.05) is 43.3 Å². The summed E-state index contributed by atoms with van der Waals surface area (Å²) < 4.78 is 30.8. The number of carbonyl (C=O) groups is 3. The Morgan fingerprint density at radius 1 is 0.846 bits per heavy atom. The van der Waals surface area contributed by atoms with Crippen LogP contribution in [0.15, 0.2) is 72.3 Å². The normalized spacial score (nSPS) is 14.4. The van der Waals surface area contributed by atoms with Gasteiger partial charge in [0.05, 0.1) is 19.8 Å². The van der Waals surface area contributed by atoms with E-state index < -0.39 is 17.8 Å². The highest BCUT2D eigenvalue weighted by Crippen LogP contribution is 2.30. The minimum Gasteiger partial charge on any atom is -0.490 e. The fourth-order valence-electron chi connectivity index (χ4n) is 3.95. The van der Waals surface area contributed by atoms with Crippen LogP contribution in [0.5, 0.6) is 17.2 Å². The van der Waals surface area contributed by atoms with Gasteiger partial charge in [0.2, 0.25) is 0 Å². The van der Waals surface area contributed by atoms with Crippen molar-refractivity contribution in [2.24, 2.45) is 0 Å². The molecule has 3 aromatic rings. The Hall–Kier alpha value is -4.66. The van der Waals surface area contributed by atoms with E-state index in [1.54, 1.807) is 54.6 Å². The van der Waals surface area contributed by atoms with Crippen LogP contribution in [-0.4, -0.2) is 36.0 Å². The lowest BCUT2D eigenvalue weighted by Crippen LogP contribution is -2.53. The van der Waals surface area contributed by atoms with Crippen LogP contribution < -0.4 is 19.5 Å². The SMILES string of the molecule is CCCOc1ccc(CN2C(=O)NC(=O)/C(=C\c3ccccc3OCc3cccc(F)c3)C2=O)cc1OCC. The third-order valence-corrected chi connectivity index (χ3v) is 5.80. The molecule has 1 aliphatic rings. The highest BCUT2D eigenvalue weighted by atomic mass is 19.1. The predicted octanol–water partition coefficient (Wildman–Crippen LogP) is 5.25. The lowest BCUT2D eigenvalue weighted by molar-refractivity contribution is -0.130.